The van der Waals surface area contributed by atoms with Crippen molar-refractivity contribution in [3.8, 4) is 17.6 Å². The lowest BCUT2D eigenvalue weighted by atomic mass is 9.95. The smallest absolute Gasteiger partial charge is 0.434 e. The van der Waals surface area contributed by atoms with Crippen LogP contribution in [0.25, 0.3) is 6.08 Å². The van der Waals surface area contributed by atoms with Crippen molar-refractivity contribution in [3.05, 3.63) is 122 Å². The molecule has 14 heteroatoms. The van der Waals surface area contributed by atoms with Gasteiger partial charge in [0.05, 0.1) is 41.5 Å². The second kappa shape index (κ2) is 13.7. The fraction of sp³-hybridized carbons (Fsp3) is 0.188. The molecule has 8 nitrogen and oxygen atoms in total. The lowest BCUT2D eigenvalue weighted by Gasteiger charge is -2.26. The summed E-state index contributed by atoms with van der Waals surface area (Å²) < 4.78 is 61.8. The molecule has 0 unspecified atom stereocenters. The van der Waals surface area contributed by atoms with Crippen molar-refractivity contribution in [1.29, 1.82) is 5.26 Å². The second-order valence-electron chi connectivity index (χ2n) is 9.70. The summed E-state index contributed by atoms with van der Waals surface area (Å²) in [6.45, 7) is 1.27. The first-order valence-electron chi connectivity index (χ1n) is 13.5. The molecule has 4 aromatic rings. The van der Waals surface area contributed by atoms with Gasteiger partial charge in [0, 0.05) is 19.7 Å². The lowest BCUT2D eigenvalue weighted by Crippen LogP contribution is -2.41. The van der Waals surface area contributed by atoms with Gasteiger partial charge in [-0.15, -0.1) is 0 Å². The summed E-state index contributed by atoms with van der Waals surface area (Å²) in [5.74, 6) is -0.661. The number of hydrogen-bond donors (Lipinski definition) is 0. The van der Waals surface area contributed by atoms with E-state index < -0.39 is 35.0 Å². The topological polar surface area (TPSA) is 103 Å². The van der Waals surface area contributed by atoms with Crippen molar-refractivity contribution in [1.82, 2.24) is 4.57 Å². The van der Waals surface area contributed by atoms with E-state index in [4.69, 9.17) is 25.8 Å². The van der Waals surface area contributed by atoms with Gasteiger partial charge >= 0.3 is 12.1 Å². The molecule has 0 N–H and O–H groups in total. The number of rotatable bonds is 8. The third-order valence-corrected chi connectivity index (χ3v) is 8.70. The summed E-state index contributed by atoms with van der Waals surface area (Å²) in [5.41, 5.74) is -1.32. The molecule has 3 aromatic carbocycles. The number of fused-ring (bicyclic) bond motifs is 1. The Bertz CT molecular complexity index is 2090. The van der Waals surface area contributed by atoms with E-state index in [9.17, 15) is 28.0 Å². The number of esters is 1. The van der Waals surface area contributed by atoms with Crippen LogP contribution in [-0.2, 0) is 16.1 Å². The number of benzene rings is 3. The third kappa shape index (κ3) is 6.69. The SMILES string of the molecule is CCOC(=O)C1=C(C(F)(F)F)N=c2s/c(=C\c3cc(I)cc(OC)c3OCc3ccccc3C#N)c(=O)n2[C@H]1c1ccc(Cl)cc1. The van der Waals surface area contributed by atoms with E-state index in [1.54, 1.807) is 36.4 Å². The summed E-state index contributed by atoms with van der Waals surface area (Å²) >= 11 is 8.84. The standard InChI is InChI=1S/C32H22ClF3IN3O5S/c1-3-44-30(42)25-26(17-8-10-21(33)11-9-17)40-29(41)24(46-31(40)39-28(25)32(34,35)36)13-20-12-22(37)14-23(43-2)27(20)45-16-19-7-5-4-6-18(19)15-38/h4-14,26H,3,16H2,1-2H3/b24-13-/t26-/m0/s1. The highest BCUT2D eigenvalue weighted by Crippen LogP contribution is 2.39. The molecule has 5 rings (SSSR count). The van der Waals surface area contributed by atoms with Crippen LogP contribution in [0.3, 0.4) is 0 Å². The van der Waals surface area contributed by atoms with E-state index >= 15 is 0 Å². The number of allylic oxidation sites excluding steroid dienone is 1. The van der Waals surface area contributed by atoms with Gasteiger partial charge < -0.3 is 14.2 Å². The fourth-order valence-electron chi connectivity index (χ4n) is 4.85. The molecule has 0 aliphatic carbocycles. The average molecular weight is 780 g/mol. The first-order valence-corrected chi connectivity index (χ1v) is 15.8. The maximum absolute atomic E-state index is 14.4. The highest BCUT2D eigenvalue weighted by Gasteiger charge is 2.45. The minimum atomic E-state index is -5.04. The zero-order chi connectivity index (χ0) is 33.2. The largest absolute Gasteiger partial charge is 0.493 e. The van der Waals surface area contributed by atoms with Crippen molar-refractivity contribution in [2.24, 2.45) is 4.99 Å². The van der Waals surface area contributed by atoms with Crippen LogP contribution in [0.5, 0.6) is 11.5 Å². The summed E-state index contributed by atoms with van der Waals surface area (Å²) in [6.07, 6.45) is -3.56. The molecule has 46 heavy (non-hydrogen) atoms. The van der Waals surface area contributed by atoms with Crippen LogP contribution in [0, 0.1) is 14.9 Å². The van der Waals surface area contributed by atoms with Crippen LogP contribution in [0.15, 0.2) is 81.7 Å². The van der Waals surface area contributed by atoms with E-state index in [2.05, 4.69) is 33.7 Å². The van der Waals surface area contributed by atoms with Crippen LogP contribution in [0.1, 0.15) is 35.2 Å². The molecule has 1 aliphatic rings. The quantitative estimate of drug-likeness (QED) is 0.159. The fourth-order valence-corrected chi connectivity index (χ4v) is 6.59. The van der Waals surface area contributed by atoms with E-state index in [1.807, 2.05) is 0 Å². The van der Waals surface area contributed by atoms with Gasteiger partial charge in [0.1, 0.15) is 6.61 Å². The Labute approximate surface area is 282 Å². The van der Waals surface area contributed by atoms with Gasteiger partial charge in [-0.2, -0.15) is 18.4 Å². The third-order valence-electron chi connectivity index (χ3n) is 6.85. The molecule has 2 heterocycles. The number of methoxy groups -OCH3 is 1. The first kappa shape index (κ1) is 33.2. The minimum Gasteiger partial charge on any atom is -0.493 e. The highest BCUT2D eigenvalue weighted by atomic mass is 127. The van der Waals surface area contributed by atoms with Crippen LogP contribution in [-0.4, -0.2) is 30.4 Å². The first-order chi connectivity index (χ1) is 22.0. The molecule has 1 atom stereocenters. The van der Waals surface area contributed by atoms with Gasteiger partial charge in [-0.05, 0) is 71.5 Å². The van der Waals surface area contributed by atoms with Crippen molar-refractivity contribution < 1.29 is 32.2 Å². The molecule has 1 aromatic heterocycles. The van der Waals surface area contributed by atoms with E-state index in [0.29, 0.717) is 27.5 Å². The highest BCUT2D eigenvalue weighted by molar-refractivity contribution is 14.1. The van der Waals surface area contributed by atoms with Gasteiger partial charge in [-0.3, -0.25) is 9.36 Å². The normalized spacial score (nSPS) is 14.7. The van der Waals surface area contributed by atoms with E-state index in [-0.39, 0.29) is 33.9 Å². The van der Waals surface area contributed by atoms with Gasteiger partial charge in [-0.1, -0.05) is 53.3 Å². The maximum atomic E-state index is 14.4. The van der Waals surface area contributed by atoms with Crippen molar-refractivity contribution in [3.63, 3.8) is 0 Å². The number of nitriles is 1. The Morgan fingerprint density at radius 3 is 2.57 bits per heavy atom. The Morgan fingerprint density at radius 1 is 1.20 bits per heavy atom. The minimum absolute atomic E-state index is 0.00279. The number of carbonyl (C=O) groups is 1. The van der Waals surface area contributed by atoms with Crippen LogP contribution < -0.4 is 24.4 Å². The van der Waals surface area contributed by atoms with Gasteiger partial charge in [-0.25, -0.2) is 9.79 Å². The lowest BCUT2D eigenvalue weighted by molar-refractivity contribution is -0.140. The zero-order valence-corrected chi connectivity index (χ0v) is 27.8. The molecule has 236 valence electrons. The summed E-state index contributed by atoms with van der Waals surface area (Å²) in [6, 6.07) is 16.7. The molecule has 0 saturated carbocycles. The second-order valence-corrected chi connectivity index (χ2v) is 12.4. The Balaban J connectivity index is 1.73. The monoisotopic (exact) mass is 779 g/mol. The summed E-state index contributed by atoms with van der Waals surface area (Å²) in [5, 5.41) is 9.80. The molecule has 0 radical (unpaired) electrons. The number of hydrogen-bond acceptors (Lipinski definition) is 8. The van der Waals surface area contributed by atoms with Crippen molar-refractivity contribution in [2.75, 3.05) is 13.7 Å². The molecular weight excluding hydrogens is 758 g/mol. The van der Waals surface area contributed by atoms with Gasteiger partial charge in [0.15, 0.2) is 22.0 Å². The van der Waals surface area contributed by atoms with E-state index in [1.165, 1.54) is 44.4 Å². The molecule has 0 saturated heterocycles. The van der Waals surface area contributed by atoms with Crippen LogP contribution in [0.2, 0.25) is 5.02 Å². The molecular formula is C32H22ClF3IN3O5S. The average Bonchev–Trinajstić information content (AvgIpc) is 3.33. The van der Waals surface area contributed by atoms with Gasteiger partial charge in [0.2, 0.25) is 0 Å². The predicted octanol–water partition coefficient (Wildman–Crippen LogP) is 6.06. The van der Waals surface area contributed by atoms with Crippen molar-refractivity contribution >= 4 is 57.6 Å². The molecule has 0 spiro atoms. The summed E-state index contributed by atoms with van der Waals surface area (Å²) in [7, 11) is 1.45. The number of nitrogens with zero attached hydrogens (tertiary/aromatic N) is 3. The van der Waals surface area contributed by atoms with Gasteiger partial charge in [0.25, 0.3) is 5.56 Å². The number of halogens is 5. The number of carbonyl (C=O) groups excluding carboxylic acids is 1. The summed E-state index contributed by atoms with van der Waals surface area (Å²) in [4.78, 5) is 30.7. The number of aromatic nitrogens is 1. The molecule has 0 amide bonds. The van der Waals surface area contributed by atoms with E-state index in [0.717, 1.165) is 19.5 Å². The Morgan fingerprint density at radius 2 is 1.91 bits per heavy atom. The van der Waals surface area contributed by atoms with Crippen molar-refractivity contribution in [2.45, 2.75) is 25.7 Å². The molecule has 0 fully saturated rings. The predicted molar refractivity (Wildman–Crippen MR) is 173 cm³/mol. The Hall–Kier alpha value is -4.13. The van der Waals surface area contributed by atoms with Crippen LogP contribution >= 0.6 is 45.5 Å². The molecule has 0 bridgehead atoms. The maximum Gasteiger partial charge on any atom is 0.434 e. The zero-order valence-electron chi connectivity index (χ0n) is 24.0. The number of thiazole rings is 1. The number of ether oxygens (including phenoxy) is 3. The van der Waals surface area contributed by atoms with Crippen LogP contribution in [0.4, 0.5) is 13.2 Å². The Kier molecular flexibility index (Phi) is 9.90. The number of alkyl halides is 3. The molecule has 1 aliphatic heterocycles.